The molecule has 0 saturated carbocycles. The number of hydrogen-bond acceptors (Lipinski definition) is 1. The minimum absolute atomic E-state index is 0.636. The number of aryl methyl sites for hydroxylation is 1. The SMILES string of the molecule is CCCCN[C@H](C)CCc1ccccc1. The summed E-state index contributed by atoms with van der Waals surface area (Å²) in [7, 11) is 0. The quantitative estimate of drug-likeness (QED) is 0.673. The van der Waals surface area contributed by atoms with Crippen molar-refractivity contribution >= 4 is 0 Å². The van der Waals surface area contributed by atoms with E-state index in [0.717, 1.165) is 6.54 Å². The predicted octanol–water partition coefficient (Wildman–Crippen LogP) is 3.40. The Morgan fingerprint density at radius 3 is 2.60 bits per heavy atom. The molecule has 0 aliphatic carbocycles. The Bertz CT molecular complexity index is 243. The van der Waals surface area contributed by atoms with Crippen LogP contribution < -0.4 is 5.32 Å². The molecule has 0 spiro atoms. The standard InChI is InChI=1S/C14H23N/c1-3-4-12-15-13(2)10-11-14-8-6-5-7-9-14/h5-9,13,15H,3-4,10-12H2,1-2H3/t13-/m1/s1. The van der Waals surface area contributed by atoms with Crippen molar-refractivity contribution in [3.8, 4) is 0 Å². The van der Waals surface area contributed by atoms with E-state index in [1.165, 1.54) is 31.2 Å². The highest BCUT2D eigenvalue weighted by molar-refractivity contribution is 5.14. The van der Waals surface area contributed by atoms with E-state index in [4.69, 9.17) is 0 Å². The van der Waals surface area contributed by atoms with Crippen molar-refractivity contribution in [2.45, 2.75) is 45.6 Å². The van der Waals surface area contributed by atoms with Crippen LogP contribution >= 0.6 is 0 Å². The zero-order valence-electron chi connectivity index (χ0n) is 10.00. The Balaban J connectivity index is 2.14. The molecule has 0 saturated heterocycles. The average Bonchev–Trinajstić information content (AvgIpc) is 2.28. The molecule has 0 aliphatic rings. The first kappa shape index (κ1) is 12.3. The number of rotatable bonds is 7. The highest BCUT2D eigenvalue weighted by Crippen LogP contribution is 2.04. The number of benzene rings is 1. The van der Waals surface area contributed by atoms with Crippen LogP contribution in [0.25, 0.3) is 0 Å². The smallest absolute Gasteiger partial charge is 0.00418 e. The molecule has 1 rings (SSSR count). The monoisotopic (exact) mass is 205 g/mol. The van der Waals surface area contributed by atoms with Gasteiger partial charge in [0.2, 0.25) is 0 Å². The summed E-state index contributed by atoms with van der Waals surface area (Å²) in [5.74, 6) is 0. The van der Waals surface area contributed by atoms with Gasteiger partial charge in [0.25, 0.3) is 0 Å². The molecule has 0 radical (unpaired) electrons. The lowest BCUT2D eigenvalue weighted by atomic mass is 10.1. The minimum Gasteiger partial charge on any atom is -0.314 e. The highest BCUT2D eigenvalue weighted by Gasteiger charge is 2.00. The van der Waals surface area contributed by atoms with Gasteiger partial charge in [0.15, 0.2) is 0 Å². The Hall–Kier alpha value is -0.820. The molecule has 0 aliphatic heterocycles. The Morgan fingerprint density at radius 2 is 1.93 bits per heavy atom. The van der Waals surface area contributed by atoms with Crippen molar-refractivity contribution in [3.05, 3.63) is 35.9 Å². The van der Waals surface area contributed by atoms with Gasteiger partial charge in [-0.3, -0.25) is 0 Å². The third kappa shape index (κ3) is 5.58. The van der Waals surface area contributed by atoms with Crippen molar-refractivity contribution < 1.29 is 0 Å². The third-order valence-corrected chi connectivity index (χ3v) is 2.73. The van der Waals surface area contributed by atoms with E-state index in [0.29, 0.717) is 6.04 Å². The van der Waals surface area contributed by atoms with E-state index in [1.54, 1.807) is 0 Å². The summed E-state index contributed by atoms with van der Waals surface area (Å²) >= 11 is 0. The number of unbranched alkanes of at least 4 members (excludes halogenated alkanes) is 1. The molecule has 0 heterocycles. The van der Waals surface area contributed by atoms with Crippen LogP contribution in [-0.4, -0.2) is 12.6 Å². The van der Waals surface area contributed by atoms with Gasteiger partial charge < -0.3 is 5.32 Å². The summed E-state index contributed by atoms with van der Waals surface area (Å²) in [6.45, 7) is 5.67. The highest BCUT2D eigenvalue weighted by atomic mass is 14.9. The molecule has 1 aromatic carbocycles. The van der Waals surface area contributed by atoms with Crippen LogP contribution in [-0.2, 0) is 6.42 Å². The third-order valence-electron chi connectivity index (χ3n) is 2.73. The molecule has 1 atom stereocenters. The Labute approximate surface area is 93.9 Å². The molecule has 1 heteroatoms. The summed E-state index contributed by atoms with van der Waals surface area (Å²) in [6, 6.07) is 11.4. The van der Waals surface area contributed by atoms with Gasteiger partial charge in [0.1, 0.15) is 0 Å². The first-order chi connectivity index (χ1) is 7.33. The second kappa shape index (κ2) is 7.47. The fraction of sp³-hybridized carbons (Fsp3) is 0.571. The molecular formula is C14H23N. The summed E-state index contributed by atoms with van der Waals surface area (Å²) < 4.78 is 0. The van der Waals surface area contributed by atoms with Gasteiger partial charge in [-0.25, -0.2) is 0 Å². The first-order valence-corrected chi connectivity index (χ1v) is 6.10. The maximum Gasteiger partial charge on any atom is 0.00418 e. The zero-order chi connectivity index (χ0) is 10.9. The Kier molecular flexibility index (Phi) is 6.10. The van der Waals surface area contributed by atoms with Gasteiger partial charge in [-0.05, 0) is 38.3 Å². The van der Waals surface area contributed by atoms with Crippen LogP contribution in [0.3, 0.4) is 0 Å². The molecule has 84 valence electrons. The van der Waals surface area contributed by atoms with Gasteiger partial charge in [0, 0.05) is 6.04 Å². The van der Waals surface area contributed by atoms with Crippen LogP contribution in [0, 0.1) is 0 Å². The molecule has 1 nitrogen and oxygen atoms in total. The van der Waals surface area contributed by atoms with Gasteiger partial charge >= 0.3 is 0 Å². The van der Waals surface area contributed by atoms with Crippen molar-refractivity contribution in [1.29, 1.82) is 0 Å². The van der Waals surface area contributed by atoms with Gasteiger partial charge in [0.05, 0.1) is 0 Å². The lowest BCUT2D eigenvalue weighted by Gasteiger charge is -2.13. The second-order valence-corrected chi connectivity index (χ2v) is 4.23. The van der Waals surface area contributed by atoms with Crippen molar-refractivity contribution in [2.24, 2.45) is 0 Å². The minimum atomic E-state index is 0.636. The molecule has 0 aromatic heterocycles. The fourth-order valence-corrected chi connectivity index (χ4v) is 1.66. The number of nitrogens with one attached hydrogen (secondary N) is 1. The van der Waals surface area contributed by atoms with Crippen LogP contribution in [0.1, 0.15) is 38.7 Å². The van der Waals surface area contributed by atoms with Crippen molar-refractivity contribution in [1.82, 2.24) is 5.32 Å². The summed E-state index contributed by atoms with van der Waals surface area (Å²) in [6.07, 6.45) is 4.98. The van der Waals surface area contributed by atoms with Crippen molar-refractivity contribution in [2.75, 3.05) is 6.54 Å². The van der Waals surface area contributed by atoms with E-state index >= 15 is 0 Å². The molecule has 0 amide bonds. The van der Waals surface area contributed by atoms with Gasteiger partial charge in [-0.15, -0.1) is 0 Å². The average molecular weight is 205 g/mol. The molecule has 0 fully saturated rings. The summed E-state index contributed by atoms with van der Waals surface area (Å²) in [5.41, 5.74) is 1.45. The molecule has 0 bridgehead atoms. The fourth-order valence-electron chi connectivity index (χ4n) is 1.66. The van der Waals surface area contributed by atoms with E-state index in [-0.39, 0.29) is 0 Å². The van der Waals surface area contributed by atoms with Crippen LogP contribution in [0.4, 0.5) is 0 Å². The molecule has 0 unspecified atom stereocenters. The summed E-state index contributed by atoms with van der Waals surface area (Å²) in [4.78, 5) is 0. The first-order valence-electron chi connectivity index (χ1n) is 6.10. The largest absolute Gasteiger partial charge is 0.314 e. The van der Waals surface area contributed by atoms with E-state index < -0.39 is 0 Å². The maximum atomic E-state index is 3.55. The van der Waals surface area contributed by atoms with E-state index in [2.05, 4.69) is 49.5 Å². The molecular weight excluding hydrogens is 182 g/mol. The van der Waals surface area contributed by atoms with Gasteiger partial charge in [-0.2, -0.15) is 0 Å². The van der Waals surface area contributed by atoms with Crippen LogP contribution in [0.15, 0.2) is 30.3 Å². The Morgan fingerprint density at radius 1 is 1.20 bits per heavy atom. The van der Waals surface area contributed by atoms with Crippen LogP contribution in [0.2, 0.25) is 0 Å². The molecule has 1 N–H and O–H groups in total. The predicted molar refractivity (Wildman–Crippen MR) is 67.1 cm³/mol. The van der Waals surface area contributed by atoms with Crippen molar-refractivity contribution in [3.63, 3.8) is 0 Å². The van der Waals surface area contributed by atoms with Crippen LogP contribution in [0.5, 0.6) is 0 Å². The number of hydrogen-bond donors (Lipinski definition) is 1. The normalized spacial score (nSPS) is 12.7. The zero-order valence-corrected chi connectivity index (χ0v) is 10.00. The lowest BCUT2D eigenvalue weighted by molar-refractivity contribution is 0.504. The summed E-state index contributed by atoms with van der Waals surface area (Å²) in [5, 5.41) is 3.55. The van der Waals surface area contributed by atoms with E-state index in [1.807, 2.05) is 0 Å². The molecule has 1 aromatic rings. The van der Waals surface area contributed by atoms with Gasteiger partial charge in [-0.1, -0.05) is 43.7 Å². The molecule has 15 heavy (non-hydrogen) atoms. The lowest BCUT2D eigenvalue weighted by Crippen LogP contribution is -2.27. The van der Waals surface area contributed by atoms with E-state index in [9.17, 15) is 0 Å². The maximum absolute atomic E-state index is 3.55. The second-order valence-electron chi connectivity index (χ2n) is 4.23. The topological polar surface area (TPSA) is 12.0 Å².